The predicted octanol–water partition coefficient (Wildman–Crippen LogP) is 1.70. The second kappa shape index (κ2) is 5.48. The summed E-state index contributed by atoms with van der Waals surface area (Å²) in [6.07, 6.45) is 1.90. The molecule has 0 spiro atoms. The van der Waals surface area contributed by atoms with Gasteiger partial charge in [-0.15, -0.1) is 0 Å². The highest BCUT2D eigenvalue weighted by atomic mass is 19.1. The van der Waals surface area contributed by atoms with Crippen LogP contribution in [0.3, 0.4) is 0 Å². The van der Waals surface area contributed by atoms with E-state index in [1.54, 1.807) is 12.1 Å². The molecule has 0 unspecified atom stereocenters. The molecule has 0 radical (unpaired) electrons. The smallest absolute Gasteiger partial charge is 0.274 e. The molecule has 0 saturated carbocycles. The van der Waals surface area contributed by atoms with E-state index in [-0.39, 0.29) is 5.82 Å². The summed E-state index contributed by atoms with van der Waals surface area (Å²) in [4.78, 5) is 11.9. The van der Waals surface area contributed by atoms with Gasteiger partial charge in [-0.25, -0.2) is 4.39 Å². The molecule has 0 aromatic heterocycles. The summed E-state index contributed by atoms with van der Waals surface area (Å²) in [7, 11) is 0. The van der Waals surface area contributed by atoms with Crippen LogP contribution >= 0.6 is 0 Å². The molecule has 0 aliphatic carbocycles. The minimum absolute atomic E-state index is 0.281. The number of nitrogens with one attached hydrogen (secondary N) is 1. The SMILES string of the molecule is O=[N+]([O-])C=C1NCCCN1Cc1ccc(F)cc1. The topological polar surface area (TPSA) is 58.4 Å². The second-order valence-electron chi connectivity index (χ2n) is 4.13. The van der Waals surface area contributed by atoms with E-state index >= 15 is 0 Å². The Morgan fingerprint density at radius 3 is 2.83 bits per heavy atom. The highest BCUT2D eigenvalue weighted by Crippen LogP contribution is 2.14. The zero-order valence-corrected chi connectivity index (χ0v) is 9.80. The quantitative estimate of drug-likeness (QED) is 0.656. The maximum atomic E-state index is 12.8. The molecule has 2 rings (SSSR count). The molecular formula is C12H14FN3O2. The Hall–Kier alpha value is -2.11. The van der Waals surface area contributed by atoms with Crippen molar-refractivity contribution in [2.24, 2.45) is 0 Å². The minimum Gasteiger partial charge on any atom is -0.367 e. The van der Waals surface area contributed by atoms with Gasteiger partial charge in [-0.3, -0.25) is 10.1 Å². The molecule has 0 bridgehead atoms. The summed E-state index contributed by atoms with van der Waals surface area (Å²) < 4.78 is 12.8. The van der Waals surface area contributed by atoms with E-state index in [9.17, 15) is 14.5 Å². The van der Waals surface area contributed by atoms with Crippen molar-refractivity contribution in [1.82, 2.24) is 10.2 Å². The Balaban J connectivity index is 2.10. The largest absolute Gasteiger partial charge is 0.367 e. The maximum absolute atomic E-state index is 12.8. The average molecular weight is 251 g/mol. The third-order valence-corrected chi connectivity index (χ3v) is 2.77. The van der Waals surface area contributed by atoms with E-state index in [0.717, 1.165) is 31.3 Å². The van der Waals surface area contributed by atoms with Crippen molar-refractivity contribution in [1.29, 1.82) is 0 Å². The van der Waals surface area contributed by atoms with Crippen molar-refractivity contribution in [3.8, 4) is 0 Å². The van der Waals surface area contributed by atoms with Gasteiger partial charge >= 0.3 is 0 Å². The van der Waals surface area contributed by atoms with E-state index in [1.807, 2.05) is 4.90 Å². The van der Waals surface area contributed by atoms with Crippen molar-refractivity contribution in [3.63, 3.8) is 0 Å². The van der Waals surface area contributed by atoms with Gasteiger partial charge in [-0.2, -0.15) is 0 Å². The number of hydrogen-bond acceptors (Lipinski definition) is 4. The lowest BCUT2D eigenvalue weighted by Gasteiger charge is -2.30. The summed E-state index contributed by atoms with van der Waals surface area (Å²) in [5, 5.41) is 13.5. The van der Waals surface area contributed by atoms with Gasteiger partial charge < -0.3 is 10.2 Å². The Bertz CT molecular complexity index is 459. The molecule has 1 fully saturated rings. The molecule has 1 saturated heterocycles. The Morgan fingerprint density at radius 2 is 2.17 bits per heavy atom. The molecule has 1 aliphatic rings. The van der Waals surface area contributed by atoms with Gasteiger partial charge in [-0.05, 0) is 24.1 Å². The lowest BCUT2D eigenvalue weighted by atomic mass is 10.2. The molecule has 18 heavy (non-hydrogen) atoms. The Labute approximate surface area is 104 Å². The molecule has 1 N–H and O–H groups in total. The van der Waals surface area contributed by atoms with Crippen LogP contribution in [-0.2, 0) is 6.54 Å². The first-order chi connectivity index (χ1) is 8.65. The van der Waals surface area contributed by atoms with Crippen molar-refractivity contribution in [2.75, 3.05) is 13.1 Å². The lowest BCUT2D eigenvalue weighted by molar-refractivity contribution is -0.405. The molecule has 1 aromatic carbocycles. The van der Waals surface area contributed by atoms with Crippen LogP contribution in [0.4, 0.5) is 4.39 Å². The molecular weight excluding hydrogens is 237 g/mol. The zero-order valence-electron chi connectivity index (χ0n) is 9.80. The minimum atomic E-state index is -0.467. The van der Waals surface area contributed by atoms with Gasteiger partial charge in [0.25, 0.3) is 6.20 Å². The van der Waals surface area contributed by atoms with E-state index < -0.39 is 4.92 Å². The molecule has 6 heteroatoms. The fraction of sp³-hybridized carbons (Fsp3) is 0.333. The van der Waals surface area contributed by atoms with Crippen LogP contribution in [-0.4, -0.2) is 22.9 Å². The third kappa shape index (κ3) is 3.19. The number of nitro groups is 1. The number of benzene rings is 1. The number of halogens is 1. The summed E-state index contributed by atoms with van der Waals surface area (Å²) in [6.45, 7) is 2.02. The van der Waals surface area contributed by atoms with Crippen LogP contribution in [0.2, 0.25) is 0 Å². The standard InChI is InChI=1S/C12H14FN3O2/c13-11-4-2-10(3-5-11)8-15-7-1-6-14-12(15)9-16(17)18/h2-5,9,14H,1,6-8H2. The Morgan fingerprint density at radius 1 is 1.44 bits per heavy atom. The van der Waals surface area contributed by atoms with Crippen molar-refractivity contribution in [3.05, 3.63) is 57.8 Å². The molecule has 96 valence electrons. The fourth-order valence-electron chi connectivity index (χ4n) is 1.92. The highest BCUT2D eigenvalue weighted by Gasteiger charge is 2.17. The van der Waals surface area contributed by atoms with Gasteiger partial charge in [0.15, 0.2) is 5.82 Å². The van der Waals surface area contributed by atoms with Gasteiger partial charge in [-0.1, -0.05) is 12.1 Å². The van der Waals surface area contributed by atoms with Crippen LogP contribution in [0.25, 0.3) is 0 Å². The van der Waals surface area contributed by atoms with E-state index in [0.29, 0.717) is 12.4 Å². The van der Waals surface area contributed by atoms with Crippen molar-refractivity contribution in [2.45, 2.75) is 13.0 Å². The van der Waals surface area contributed by atoms with Gasteiger partial charge in [0.1, 0.15) is 5.82 Å². The summed E-state index contributed by atoms with van der Waals surface area (Å²) in [6, 6.07) is 6.16. The van der Waals surface area contributed by atoms with Gasteiger partial charge in [0, 0.05) is 19.6 Å². The van der Waals surface area contributed by atoms with E-state index in [2.05, 4.69) is 5.32 Å². The second-order valence-corrected chi connectivity index (χ2v) is 4.13. The lowest BCUT2D eigenvalue weighted by Crippen LogP contribution is -2.39. The summed E-state index contributed by atoms with van der Waals surface area (Å²) in [5.41, 5.74) is 0.925. The summed E-state index contributed by atoms with van der Waals surface area (Å²) in [5.74, 6) is 0.229. The molecule has 0 amide bonds. The highest BCUT2D eigenvalue weighted by molar-refractivity contribution is 5.17. The van der Waals surface area contributed by atoms with E-state index in [1.165, 1.54) is 12.1 Å². The van der Waals surface area contributed by atoms with Gasteiger partial charge in [0.05, 0.1) is 4.92 Å². The summed E-state index contributed by atoms with van der Waals surface area (Å²) >= 11 is 0. The number of rotatable bonds is 3. The van der Waals surface area contributed by atoms with Crippen LogP contribution < -0.4 is 5.32 Å². The van der Waals surface area contributed by atoms with Crippen molar-refractivity contribution < 1.29 is 9.31 Å². The van der Waals surface area contributed by atoms with Crippen LogP contribution in [0, 0.1) is 15.9 Å². The molecule has 5 nitrogen and oxygen atoms in total. The normalized spacial score (nSPS) is 17.6. The predicted molar refractivity (Wildman–Crippen MR) is 64.5 cm³/mol. The molecule has 1 aromatic rings. The van der Waals surface area contributed by atoms with E-state index in [4.69, 9.17) is 0 Å². The maximum Gasteiger partial charge on any atom is 0.274 e. The fourth-order valence-corrected chi connectivity index (χ4v) is 1.92. The molecule has 0 atom stereocenters. The van der Waals surface area contributed by atoms with Crippen molar-refractivity contribution >= 4 is 0 Å². The Kier molecular flexibility index (Phi) is 3.76. The number of nitrogens with zero attached hydrogens (tertiary/aromatic N) is 2. The van der Waals surface area contributed by atoms with Crippen LogP contribution in [0.15, 0.2) is 36.3 Å². The first kappa shape index (κ1) is 12.3. The monoisotopic (exact) mass is 251 g/mol. The number of hydrogen-bond donors (Lipinski definition) is 1. The first-order valence-corrected chi connectivity index (χ1v) is 5.74. The average Bonchev–Trinajstić information content (AvgIpc) is 2.34. The van der Waals surface area contributed by atoms with Crippen LogP contribution in [0.1, 0.15) is 12.0 Å². The third-order valence-electron chi connectivity index (χ3n) is 2.77. The first-order valence-electron chi connectivity index (χ1n) is 5.74. The van der Waals surface area contributed by atoms with Gasteiger partial charge in [0.2, 0.25) is 0 Å². The zero-order chi connectivity index (χ0) is 13.0. The molecule has 1 heterocycles. The van der Waals surface area contributed by atoms with Crippen LogP contribution in [0.5, 0.6) is 0 Å². The molecule has 1 aliphatic heterocycles.